The van der Waals surface area contributed by atoms with Crippen molar-refractivity contribution in [1.29, 1.82) is 0 Å². The molecule has 0 aliphatic heterocycles. The van der Waals surface area contributed by atoms with Gasteiger partial charge in [-0.25, -0.2) is 0 Å². The Hall–Kier alpha value is -1.16. The lowest BCUT2D eigenvalue weighted by Gasteiger charge is -2.21. The van der Waals surface area contributed by atoms with Crippen molar-refractivity contribution in [3.8, 4) is 0 Å². The lowest BCUT2D eigenvalue weighted by Crippen LogP contribution is -2.32. The molecule has 2 N–H and O–H groups in total. The third-order valence-electron chi connectivity index (χ3n) is 4.04. The Labute approximate surface area is 121 Å². The van der Waals surface area contributed by atoms with Gasteiger partial charge < -0.3 is 5.73 Å². The number of nitrogens with zero attached hydrogens (tertiary/aromatic N) is 2. The van der Waals surface area contributed by atoms with Gasteiger partial charge >= 0.3 is 0 Å². The predicted molar refractivity (Wildman–Crippen MR) is 80.6 cm³/mol. The average molecular weight is 277 g/mol. The van der Waals surface area contributed by atoms with Crippen molar-refractivity contribution in [2.24, 2.45) is 5.73 Å². The first-order chi connectivity index (χ1) is 9.44. The summed E-state index contributed by atoms with van der Waals surface area (Å²) in [6, 6.07) is 2.52. The molecule has 20 heavy (non-hydrogen) atoms. The van der Waals surface area contributed by atoms with Gasteiger partial charge in [-0.1, -0.05) is 19.3 Å². The molecule has 1 aliphatic rings. The van der Waals surface area contributed by atoms with Gasteiger partial charge in [0.2, 0.25) is 0 Å². The van der Waals surface area contributed by atoms with Crippen molar-refractivity contribution < 1.29 is 4.79 Å². The molecule has 0 radical (unpaired) electrons. The van der Waals surface area contributed by atoms with Gasteiger partial charge in [0, 0.05) is 18.2 Å². The molecular formula is C16H27N3O. The summed E-state index contributed by atoms with van der Waals surface area (Å²) < 4.78 is 2.06. The summed E-state index contributed by atoms with van der Waals surface area (Å²) in [6.07, 6.45) is 10.1. The smallest absolute Gasteiger partial charge is 0.138 e. The lowest BCUT2D eigenvalue weighted by atomic mass is 9.96. The first-order valence-electron chi connectivity index (χ1n) is 7.79. The quantitative estimate of drug-likeness (QED) is 0.869. The maximum Gasteiger partial charge on any atom is 0.138 e. The molecule has 0 atom stereocenters. The van der Waals surface area contributed by atoms with Gasteiger partial charge in [0.05, 0.1) is 18.2 Å². The van der Waals surface area contributed by atoms with Crippen LogP contribution in [0.15, 0.2) is 12.3 Å². The molecule has 1 aromatic heterocycles. The van der Waals surface area contributed by atoms with Crippen LogP contribution in [0.5, 0.6) is 0 Å². The van der Waals surface area contributed by atoms with Crippen LogP contribution in [0.25, 0.3) is 0 Å². The third kappa shape index (κ3) is 4.75. The molecule has 0 aromatic carbocycles. The number of Topliss-reactive ketones (excluding diaryl/α,β-unsaturated/α-hetero) is 1. The van der Waals surface area contributed by atoms with E-state index in [9.17, 15) is 4.79 Å². The standard InChI is InChI=1S/C16H27N3O/c1-16(2,17)10-8-15(20)12-13-9-11-19(18-13)14-6-4-3-5-7-14/h9,11,14H,3-8,10,12,17H2,1-2H3. The Kier molecular flexibility index (Phi) is 4.97. The molecule has 0 bridgehead atoms. The van der Waals surface area contributed by atoms with E-state index in [1.165, 1.54) is 32.1 Å². The highest BCUT2D eigenvalue weighted by Crippen LogP contribution is 2.27. The van der Waals surface area contributed by atoms with E-state index in [1.54, 1.807) is 0 Å². The number of carbonyl (C=O) groups excluding carboxylic acids is 1. The minimum atomic E-state index is -0.267. The molecule has 4 heteroatoms. The van der Waals surface area contributed by atoms with E-state index in [4.69, 9.17) is 5.73 Å². The van der Waals surface area contributed by atoms with Crippen LogP contribution < -0.4 is 5.73 Å². The van der Waals surface area contributed by atoms with E-state index in [2.05, 4.69) is 9.78 Å². The van der Waals surface area contributed by atoms with E-state index >= 15 is 0 Å². The van der Waals surface area contributed by atoms with Gasteiger partial charge in [-0.3, -0.25) is 9.48 Å². The van der Waals surface area contributed by atoms with Gasteiger partial charge in [0.1, 0.15) is 5.78 Å². The van der Waals surface area contributed by atoms with Gasteiger partial charge in [-0.05, 0) is 39.2 Å². The number of ketones is 1. The molecule has 4 nitrogen and oxygen atoms in total. The second-order valence-electron chi connectivity index (χ2n) is 6.78. The van der Waals surface area contributed by atoms with Crippen LogP contribution in [0.1, 0.15) is 70.5 Å². The van der Waals surface area contributed by atoms with Crippen LogP contribution in [0.3, 0.4) is 0 Å². The zero-order valence-corrected chi connectivity index (χ0v) is 12.8. The Balaban J connectivity index is 1.84. The van der Waals surface area contributed by atoms with Crippen LogP contribution in [-0.4, -0.2) is 21.1 Å². The average Bonchev–Trinajstić information content (AvgIpc) is 2.85. The van der Waals surface area contributed by atoms with Crippen LogP contribution in [0, 0.1) is 0 Å². The summed E-state index contributed by atoms with van der Waals surface area (Å²) >= 11 is 0. The maximum absolute atomic E-state index is 11.9. The fraction of sp³-hybridized carbons (Fsp3) is 0.750. The molecule has 112 valence electrons. The van der Waals surface area contributed by atoms with E-state index in [0.717, 1.165) is 12.1 Å². The van der Waals surface area contributed by atoms with Crippen molar-refractivity contribution in [3.05, 3.63) is 18.0 Å². The predicted octanol–water partition coefficient (Wildman–Crippen LogP) is 3.02. The van der Waals surface area contributed by atoms with Gasteiger partial charge in [0.25, 0.3) is 0 Å². The number of nitrogens with two attached hydrogens (primary N) is 1. The minimum absolute atomic E-state index is 0.234. The second kappa shape index (κ2) is 6.53. The molecule has 1 fully saturated rings. The van der Waals surface area contributed by atoms with Crippen molar-refractivity contribution >= 4 is 5.78 Å². The molecule has 1 aromatic rings. The number of aromatic nitrogens is 2. The highest BCUT2D eigenvalue weighted by Gasteiger charge is 2.17. The summed E-state index contributed by atoms with van der Waals surface area (Å²) in [7, 11) is 0. The summed E-state index contributed by atoms with van der Waals surface area (Å²) in [5.41, 5.74) is 6.54. The summed E-state index contributed by atoms with van der Waals surface area (Å²) in [6.45, 7) is 3.91. The van der Waals surface area contributed by atoms with Crippen LogP contribution >= 0.6 is 0 Å². The fourth-order valence-corrected chi connectivity index (χ4v) is 2.77. The third-order valence-corrected chi connectivity index (χ3v) is 4.04. The Bertz CT molecular complexity index is 439. The van der Waals surface area contributed by atoms with Crippen LogP contribution in [0.2, 0.25) is 0 Å². The van der Waals surface area contributed by atoms with E-state index < -0.39 is 0 Å². The molecule has 0 amide bonds. The molecular weight excluding hydrogens is 250 g/mol. The Morgan fingerprint density at radius 1 is 1.40 bits per heavy atom. The van der Waals surface area contributed by atoms with Crippen LogP contribution in [0.4, 0.5) is 0 Å². The monoisotopic (exact) mass is 277 g/mol. The first kappa shape index (κ1) is 15.2. The lowest BCUT2D eigenvalue weighted by molar-refractivity contribution is -0.118. The Morgan fingerprint density at radius 3 is 2.75 bits per heavy atom. The first-order valence-corrected chi connectivity index (χ1v) is 7.79. The van der Waals surface area contributed by atoms with Crippen molar-refractivity contribution in [3.63, 3.8) is 0 Å². The SMILES string of the molecule is CC(C)(N)CCC(=O)Cc1ccn(C2CCCCC2)n1. The van der Waals surface area contributed by atoms with E-state index in [0.29, 0.717) is 18.9 Å². The molecule has 0 spiro atoms. The molecule has 1 heterocycles. The van der Waals surface area contributed by atoms with E-state index in [-0.39, 0.29) is 11.3 Å². The molecule has 1 aliphatic carbocycles. The molecule has 0 saturated heterocycles. The summed E-state index contributed by atoms with van der Waals surface area (Å²) in [5, 5.41) is 4.58. The number of rotatable bonds is 6. The second-order valence-corrected chi connectivity index (χ2v) is 6.78. The van der Waals surface area contributed by atoms with Crippen LogP contribution in [-0.2, 0) is 11.2 Å². The van der Waals surface area contributed by atoms with Crippen molar-refractivity contribution in [2.45, 2.75) is 76.8 Å². The molecule has 2 rings (SSSR count). The Morgan fingerprint density at radius 2 is 2.10 bits per heavy atom. The largest absolute Gasteiger partial charge is 0.326 e. The highest BCUT2D eigenvalue weighted by molar-refractivity contribution is 5.80. The fourth-order valence-electron chi connectivity index (χ4n) is 2.77. The van der Waals surface area contributed by atoms with Gasteiger partial charge in [0.15, 0.2) is 0 Å². The topological polar surface area (TPSA) is 60.9 Å². The number of hydrogen-bond acceptors (Lipinski definition) is 3. The molecule has 0 unspecified atom stereocenters. The highest BCUT2D eigenvalue weighted by atomic mass is 16.1. The zero-order valence-electron chi connectivity index (χ0n) is 12.8. The zero-order chi connectivity index (χ0) is 14.6. The van der Waals surface area contributed by atoms with Crippen molar-refractivity contribution in [1.82, 2.24) is 9.78 Å². The minimum Gasteiger partial charge on any atom is -0.326 e. The normalized spacial score (nSPS) is 17.4. The van der Waals surface area contributed by atoms with Gasteiger partial charge in [-0.2, -0.15) is 5.10 Å². The maximum atomic E-state index is 11.9. The summed E-state index contributed by atoms with van der Waals surface area (Å²) in [4.78, 5) is 11.9. The van der Waals surface area contributed by atoms with E-state index in [1.807, 2.05) is 26.1 Å². The van der Waals surface area contributed by atoms with Gasteiger partial charge in [-0.15, -0.1) is 0 Å². The number of hydrogen-bond donors (Lipinski definition) is 1. The molecule has 1 saturated carbocycles. The summed E-state index contributed by atoms with van der Waals surface area (Å²) in [5.74, 6) is 0.234. The van der Waals surface area contributed by atoms with Crippen molar-refractivity contribution in [2.75, 3.05) is 0 Å². The number of carbonyl (C=O) groups is 1.